The minimum absolute atomic E-state index is 0.0228. The number of methoxy groups -OCH3 is 1. The van der Waals surface area contributed by atoms with E-state index in [-0.39, 0.29) is 79.3 Å². The fourth-order valence-corrected chi connectivity index (χ4v) is 13.7. The Kier molecular flexibility index (Phi) is 26.7. The van der Waals surface area contributed by atoms with Crippen LogP contribution in [0.5, 0.6) is 0 Å². The summed E-state index contributed by atoms with van der Waals surface area (Å²) in [6, 6.07) is 13.3. The number of ketones is 2. The van der Waals surface area contributed by atoms with Crippen molar-refractivity contribution in [1.82, 2.24) is 16.0 Å². The van der Waals surface area contributed by atoms with E-state index in [0.29, 0.717) is 58.7 Å². The number of halogens is 1. The molecule has 1 unspecified atom stereocenters. The molecule has 2 aromatic rings. The molecule has 3 aliphatic carbocycles. The molecular formula is C68H96IN3O21. The second kappa shape index (κ2) is 32.7. The number of hydrogen-bond donors (Lipinski definition) is 6. The Labute approximate surface area is 558 Å². The molecule has 6 N–H and O–H groups in total. The minimum Gasteiger partial charge on any atom is -0.455 e. The lowest BCUT2D eigenvalue weighted by Gasteiger charge is -2.67. The van der Waals surface area contributed by atoms with E-state index in [1.54, 1.807) is 99.0 Å². The average molecular weight is 1420 g/mol. The predicted octanol–water partition coefficient (Wildman–Crippen LogP) is 6.63. The number of carbonyl (C=O) groups is 9. The summed E-state index contributed by atoms with van der Waals surface area (Å²) >= 11 is 1.77. The van der Waals surface area contributed by atoms with Gasteiger partial charge in [-0.05, 0) is 102 Å². The van der Waals surface area contributed by atoms with Gasteiger partial charge in [0.15, 0.2) is 17.2 Å². The molecule has 3 amide bonds. The number of aliphatic hydroxyl groups excluding tert-OH is 2. The molecule has 4 aliphatic rings. The fraction of sp³-hybridized carbons (Fsp3) is 0.662. The molecule has 1 aliphatic heterocycles. The number of amides is 3. The maximum Gasteiger partial charge on any atom is 0.408 e. The van der Waals surface area contributed by atoms with Crippen LogP contribution in [0.3, 0.4) is 0 Å². The topological polar surface area (TPSA) is 333 Å². The molecule has 25 heteroatoms. The first-order valence-corrected chi connectivity index (χ1v) is 33.3. The molecule has 6 rings (SSSR count). The summed E-state index contributed by atoms with van der Waals surface area (Å²) in [5, 5.41) is 47.1. The zero-order valence-corrected chi connectivity index (χ0v) is 57.8. The molecular weight excluding hydrogens is 1320 g/mol. The van der Waals surface area contributed by atoms with Crippen LogP contribution in [0.2, 0.25) is 0 Å². The Bertz CT molecular complexity index is 2990. The monoisotopic (exact) mass is 1420 g/mol. The highest BCUT2D eigenvalue weighted by Crippen LogP contribution is 2.64. The molecule has 24 nitrogen and oxygen atoms in total. The van der Waals surface area contributed by atoms with Gasteiger partial charge in [0.2, 0.25) is 17.9 Å². The number of nitrogens with one attached hydrogen (secondary N) is 3. The van der Waals surface area contributed by atoms with Crippen LogP contribution in [-0.2, 0) is 76.2 Å². The SMILES string of the molecule is CCC(C)(CC)C(=O)C(CCCCNC(=O)CCOCCOCCOC)NC(=O)CC[C@H](I)C(=O)O[C@@H](C(=O)O[C@H]1C[C@@]2(O)[C@@H](OC(=O)c3ccccc3)[C@@H]3[C@]4(OC(C)=O)CO[C@@H]4C[C@H](O)[C@@]3(C)C(=O)[C@H](O)C(=C1C)C2(C)C)[C@@H](NC(=O)OC(C)(C)C)c1ccccc1. The summed E-state index contributed by atoms with van der Waals surface area (Å²) in [6.45, 7) is 19.3. The Hall–Kier alpha value is -5.94. The summed E-state index contributed by atoms with van der Waals surface area (Å²) in [7, 11) is 1.58. The van der Waals surface area contributed by atoms with Crippen molar-refractivity contribution in [3.05, 3.63) is 82.9 Å². The quantitative estimate of drug-likeness (QED) is 0.0112. The molecule has 1 heterocycles. The summed E-state index contributed by atoms with van der Waals surface area (Å²) in [5.74, 6) is -7.67. The van der Waals surface area contributed by atoms with Gasteiger partial charge in [0.25, 0.3) is 0 Å². The largest absolute Gasteiger partial charge is 0.455 e. The fourth-order valence-electron chi connectivity index (χ4n) is 13.2. The van der Waals surface area contributed by atoms with Crippen LogP contribution in [0.4, 0.5) is 4.79 Å². The minimum atomic E-state index is -2.51. The number of alkyl carbamates (subject to hydrolysis) is 1. The molecule has 2 saturated carbocycles. The predicted molar refractivity (Wildman–Crippen MR) is 345 cm³/mol. The highest BCUT2D eigenvalue weighted by molar-refractivity contribution is 14.1. The van der Waals surface area contributed by atoms with Crippen molar-refractivity contribution < 1.29 is 101 Å². The van der Waals surface area contributed by atoms with E-state index in [9.17, 15) is 48.9 Å². The molecule has 2 bridgehead atoms. The van der Waals surface area contributed by atoms with Crippen LogP contribution in [0.25, 0.3) is 0 Å². The Balaban J connectivity index is 1.30. The van der Waals surface area contributed by atoms with Gasteiger partial charge in [-0.1, -0.05) is 106 Å². The van der Waals surface area contributed by atoms with E-state index < -0.39 is 140 Å². The van der Waals surface area contributed by atoms with Crippen LogP contribution in [0.15, 0.2) is 71.8 Å². The summed E-state index contributed by atoms with van der Waals surface area (Å²) in [4.78, 5) is 128. The molecule has 1 saturated heterocycles. The van der Waals surface area contributed by atoms with Gasteiger partial charge in [-0.2, -0.15) is 0 Å². The van der Waals surface area contributed by atoms with E-state index in [4.69, 9.17) is 42.6 Å². The molecule has 13 atom stereocenters. The van der Waals surface area contributed by atoms with Crippen molar-refractivity contribution in [2.75, 3.05) is 53.3 Å². The van der Waals surface area contributed by atoms with Crippen molar-refractivity contribution in [3.63, 3.8) is 0 Å². The first-order chi connectivity index (χ1) is 43.8. The zero-order valence-electron chi connectivity index (χ0n) is 55.6. The summed E-state index contributed by atoms with van der Waals surface area (Å²) in [6.07, 6.45) is -10.5. The van der Waals surface area contributed by atoms with Crippen LogP contribution in [-0.4, -0.2) is 185 Å². The normalized spacial score (nSPS) is 26.1. The lowest BCUT2D eigenvalue weighted by molar-refractivity contribution is -0.346. The first-order valence-electron chi connectivity index (χ1n) is 32.0. The molecule has 0 spiro atoms. The van der Waals surface area contributed by atoms with Crippen molar-refractivity contribution in [2.24, 2.45) is 22.2 Å². The van der Waals surface area contributed by atoms with E-state index in [2.05, 4.69) is 16.0 Å². The first kappa shape index (κ1) is 76.1. The van der Waals surface area contributed by atoms with E-state index in [1.807, 2.05) is 20.8 Å². The van der Waals surface area contributed by atoms with Crippen molar-refractivity contribution >= 4 is 75.9 Å². The van der Waals surface area contributed by atoms with Gasteiger partial charge < -0.3 is 73.9 Å². The van der Waals surface area contributed by atoms with Crippen LogP contribution >= 0.6 is 22.6 Å². The number of hydrogen-bond acceptors (Lipinski definition) is 21. The van der Waals surface area contributed by atoms with E-state index in [0.717, 1.165) is 6.92 Å². The summed E-state index contributed by atoms with van der Waals surface area (Å²) in [5.41, 5.74) is -9.90. The number of aliphatic hydroxyl groups is 3. The zero-order chi connectivity index (χ0) is 68.9. The summed E-state index contributed by atoms with van der Waals surface area (Å²) < 4.78 is 51.3. The lowest BCUT2D eigenvalue weighted by atomic mass is 9.44. The van der Waals surface area contributed by atoms with Gasteiger partial charge >= 0.3 is 30.0 Å². The van der Waals surface area contributed by atoms with Gasteiger partial charge in [-0.25, -0.2) is 14.4 Å². The highest BCUT2D eigenvalue weighted by atomic mass is 127. The Morgan fingerprint density at radius 2 is 1.42 bits per heavy atom. The molecule has 3 fully saturated rings. The maximum atomic E-state index is 15.5. The maximum absolute atomic E-state index is 15.5. The Morgan fingerprint density at radius 3 is 2.01 bits per heavy atom. The van der Waals surface area contributed by atoms with Gasteiger partial charge in [0, 0.05) is 57.1 Å². The van der Waals surface area contributed by atoms with Gasteiger partial charge in [0.1, 0.15) is 45.6 Å². The number of unbranched alkanes of at least 4 members (excludes halogenated alkanes) is 1. The molecule has 0 radical (unpaired) electrons. The highest BCUT2D eigenvalue weighted by Gasteiger charge is 2.78. The smallest absolute Gasteiger partial charge is 0.408 e. The van der Waals surface area contributed by atoms with Crippen LogP contribution in [0, 0.1) is 22.2 Å². The van der Waals surface area contributed by atoms with E-state index >= 15 is 9.59 Å². The van der Waals surface area contributed by atoms with Gasteiger partial charge in [-0.15, -0.1) is 0 Å². The van der Waals surface area contributed by atoms with E-state index in [1.165, 1.54) is 39.8 Å². The third-order valence-corrected chi connectivity index (χ3v) is 20.1. The molecule has 0 aromatic heterocycles. The van der Waals surface area contributed by atoms with Crippen molar-refractivity contribution in [2.45, 2.75) is 210 Å². The Morgan fingerprint density at radius 1 is 0.796 bits per heavy atom. The number of carbonyl (C=O) groups excluding carboxylic acids is 9. The van der Waals surface area contributed by atoms with Crippen molar-refractivity contribution in [1.29, 1.82) is 0 Å². The standard InChI is InChI=1S/C68H96IN3O21/c1-13-65(10,14-2)56(78)45(27-21-22-31-70-49(75)30-32-86-35-36-87-34-33-85-12)71-50(76)29-28-44(69)60(81)90-54(52(42-23-17-15-18-24-42)72-62(83)93-63(5,6)7)61(82)89-46-38-68(84)58(91-59(80)43-25-19-16-20-26-43)55-66(11,57(79)53(77)51(40(46)3)64(68,8)9)47(74)37-48-67(55,39-88-48)92-41(4)73/h15-20,23-26,44-48,52-55,58,74,77,84H,13-14,21-22,27-39H2,1-12H3,(H,70,75)(H,71,76)(H,72,83)/t44-,45?,46-,47-,48+,52-,53+,54+,55-,58-,66+,67-,68+/m0/s1. The third kappa shape index (κ3) is 17.8. The molecule has 516 valence electrons. The van der Waals surface area contributed by atoms with Crippen LogP contribution < -0.4 is 16.0 Å². The second-order valence-electron chi connectivity index (χ2n) is 26.6. The number of alkyl halides is 1. The molecule has 93 heavy (non-hydrogen) atoms. The second-order valence-corrected chi connectivity index (χ2v) is 28.1. The number of ether oxygens (including phenoxy) is 9. The number of Topliss-reactive ketones (excluding diaryl/α,β-unsaturated/α-hetero) is 2. The average Bonchev–Trinajstić information content (AvgIpc) is 0.672. The lowest BCUT2D eigenvalue weighted by Crippen LogP contribution is -2.81. The number of fused-ring (bicyclic) bond motifs is 5. The van der Waals surface area contributed by atoms with Gasteiger partial charge in [0.05, 0.1) is 68.7 Å². The third-order valence-electron chi connectivity index (χ3n) is 19.0. The number of benzene rings is 2. The van der Waals surface area contributed by atoms with Gasteiger partial charge in [-0.3, -0.25) is 28.8 Å². The number of rotatable bonds is 32. The molecule has 2 aromatic carbocycles. The van der Waals surface area contributed by atoms with Crippen LogP contribution in [0.1, 0.15) is 162 Å². The number of esters is 4. The van der Waals surface area contributed by atoms with Crippen molar-refractivity contribution in [3.8, 4) is 0 Å².